The van der Waals surface area contributed by atoms with E-state index >= 15 is 0 Å². The molecule has 7 heavy (non-hydrogen) atoms. The zero-order chi connectivity index (χ0) is 5.70. The van der Waals surface area contributed by atoms with Crippen molar-refractivity contribution in [1.82, 2.24) is 0 Å². The molecule has 0 fully saturated rings. The quantitative estimate of drug-likeness (QED) is 0.152. The highest BCUT2D eigenvalue weighted by atomic mass is 32.7. The van der Waals surface area contributed by atoms with Gasteiger partial charge in [0.2, 0.25) is 0 Å². The van der Waals surface area contributed by atoms with Gasteiger partial charge in [-0.25, -0.2) is 0 Å². The van der Waals surface area contributed by atoms with Crippen molar-refractivity contribution in [3.05, 3.63) is 0 Å². The lowest BCUT2D eigenvalue weighted by atomic mass is 10.8. The van der Waals surface area contributed by atoms with Gasteiger partial charge in [-0.05, 0) is 0 Å². The van der Waals surface area contributed by atoms with E-state index < -0.39 is 7.23 Å². The number of carbonyl (C=O) groups excluding carboxylic acids is 1. The number of rotatable bonds is 3. The summed E-state index contributed by atoms with van der Waals surface area (Å²) >= 11 is 3.57. The third kappa shape index (κ3) is 6.27. The molecule has 38 valence electrons. The van der Waals surface area contributed by atoms with E-state index in [2.05, 4.69) is 21.8 Å². The van der Waals surface area contributed by atoms with Crippen LogP contribution in [0, 0.1) is 0 Å². The van der Waals surface area contributed by atoms with Crippen LogP contribution in [0.3, 0.4) is 0 Å². The molecule has 0 aliphatic carbocycles. The van der Waals surface area contributed by atoms with Crippen molar-refractivity contribution < 1.29 is 14.4 Å². The fourth-order valence-electron chi connectivity index (χ4n) is 0.0617. The second-order valence-corrected chi connectivity index (χ2v) is 2.51. The van der Waals surface area contributed by atoms with Gasteiger partial charge in [0.1, 0.15) is 0 Å². The van der Waals surface area contributed by atoms with Crippen molar-refractivity contribution in [3.63, 3.8) is 0 Å². The lowest BCUT2D eigenvalue weighted by molar-refractivity contribution is -0.190. The summed E-state index contributed by atoms with van der Waals surface area (Å²) in [5.41, 5.74) is 0. The molecule has 3 nitrogen and oxygen atoms in total. The first-order chi connectivity index (χ1) is 3.27. The first-order valence-electron chi connectivity index (χ1n) is 1.28. The summed E-state index contributed by atoms with van der Waals surface area (Å²) in [6, 6.07) is 0. The Morgan fingerprint density at radius 2 is 2.43 bits per heavy atom. The van der Waals surface area contributed by atoms with Gasteiger partial charge in [-0.15, -0.1) is 12.2 Å². The average Bonchev–Trinajstić information content (AvgIpc) is 1.61. The van der Waals surface area contributed by atoms with Crippen LogP contribution in [0.2, 0.25) is 0 Å². The zero-order valence-corrected chi connectivity index (χ0v) is 5.06. The van der Waals surface area contributed by atoms with E-state index in [-0.39, 0.29) is 6.47 Å². The van der Waals surface area contributed by atoms with Gasteiger partial charge >= 0.3 is 6.47 Å². The first-order valence-corrected chi connectivity index (χ1v) is 3.76. The predicted molar refractivity (Wildman–Crippen MR) is 29.9 cm³/mol. The summed E-state index contributed by atoms with van der Waals surface area (Å²) in [5.74, 6) is 0. The minimum absolute atomic E-state index is 0.137. The fraction of sp³-hybridized carbons (Fsp3) is 0. The third-order valence-electron chi connectivity index (χ3n) is 0.159. The number of thiol groups is 1. The third-order valence-corrected chi connectivity index (χ3v) is 0.597. The molecule has 0 aliphatic rings. The zero-order valence-electron chi connectivity index (χ0n) is 3.27. The standard InChI is InChI=1S/CH2BO3PS/c2-6(7)5-4-1-3/h1,7H. The number of hydrogen-bond acceptors (Lipinski definition) is 4. The van der Waals surface area contributed by atoms with E-state index in [0.717, 1.165) is 0 Å². The van der Waals surface area contributed by atoms with Gasteiger partial charge in [0.15, 0.2) is 7.57 Å². The monoisotopic (exact) mass is 136 g/mol. The molecule has 0 aliphatic heterocycles. The molecule has 0 rings (SSSR count). The summed E-state index contributed by atoms with van der Waals surface area (Å²) in [6.07, 6.45) is 0. The predicted octanol–water partition coefficient (Wildman–Crippen LogP) is 0.416. The Kier molecular flexibility index (Phi) is 4.61. The molecule has 0 N–H and O–H groups in total. The van der Waals surface area contributed by atoms with E-state index in [1.807, 2.05) is 0 Å². The van der Waals surface area contributed by atoms with Crippen LogP contribution in [0.1, 0.15) is 0 Å². The van der Waals surface area contributed by atoms with Gasteiger partial charge in [-0.2, -0.15) is 4.67 Å². The van der Waals surface area contributed by atoms with Crippen LogP contribution in [0.25, 0.3) is 0 Å². The number of hydrogen-bond donors (Lipinski definition) is 1. The molecule has 0 spiro atoms. The van der Waals surface area contributed by atoms with Crippen LogP contribution >= 0.6 is 19.5 Å². The van der Waals surface area contributed by atoms with Gasteiger partial charge in [0.25, 0.3) is 0 Å². The van der Waals surface area contributed by atoms with Gasteiger partial charge in [0, 0.05) is 0 Å². The molecule has 0 aromatic rings. The molecule has 6 heteroatoms. The highest BCUT2D eigenvalue weighted by molar-refractivity contribution is 8.51. The lowest BCUT2D eigenvalue weighted by Gasteiger charge is -1.97. The maximum absolute atomic E-state index is 9.28. The molecule has 0 heterocycles. The summed E-state index contributed by atoms with van der Waals surface area (Å²) in [7, 11) is 3.54. The van der Waals surface area contributed by atoms with Gasteiger partial charge < -0.3 is 0 Å². The average molecular weight is 136 g/mol. The summed E-state index contributed by atoms with van der Waals surface area (Å²) in [4.78, 5) is 13.0. The van der Waals surface area contributed by atoms with Crippen molar-refractivity contribution in [2.45, 2.75) is 0 Å². The second kappa shape index (κ2) is 4.43. The Morgan fingerprint density at radius 1 is 1.86 bits per heavy atom. The topological polar surface area (TPSA) is 35.5 Å². The normalized spacial score (nSPS) is 12.7. The SMILES string of the molecule is [B]P(S)OOC=O. The van der Waals surface area contributed by atoms with Crippen molar-refractivity contribution in [1.29, 1.82) is 0 Å². The van der Waals surface area contributed by atoms with Crippen LogP contribution in [-0.2, 0) is 14.4 Å². The first kappa shape index (κ1) is 7.27. The van der Waals surface area contributed by atoms with Crippen LogP contribution in [0.5, 0.6) is 0 Å². The maximum atomic E-state index is 9.28. The summed E-state index contributed by atoms with van der Waals surface area (Å²) in [5, 5.41) is 0. The molecule has 0 saturated carbocycles. The van der Waals surface area contributed by atoms with E-state index in [0.29, 0.717) is 0 Å². The minimum atomic E-state index is -1.37. The largest absolute Gasteiger partial charge is 0.331 e. The molecule has 0 saturated heterocycles. The van der Waals surface area contributed by atoms with Gasteiger partial charge in [-0.3, -0.25) is 9.68 Å². The van der Waals surface area contributed by atoms with Crippen molar-refractivity contribution in [2.24, 2.45) is 0 Å². The Morgan fingerprint density at radius 3 is 2.57 bits per heavy atom. The van der Waals surface area contributed by atoms with E-state index in [1.165, 1.54) is 0 Å². The molecule has 0 aromatic heterocycles. The molecule has 0 amide bonds. The summed E-state index contributed by atoms with van der Waals surface area (Å²) in [6.45, 7) is 0.137. The van der Waals surface area contributed by atoms with Crippen molar-refractivity contribution >= 4 is 33.5 Å². The maximum Gasteiger partial charge on any atom is 0.331 e. The van der Waals surface area contributed by atoms with E-state index in [4.69, 9.17) is 7.57 Å². The Labute approximate surface area is 48.7 Å². The highest BCUT2D eigenvalue weighted by Crippen LogP contribution is 2.34. The molecule has 1 atom stereocenters. The van der Waals surface area contributed by atoms with E-state index in [1.54, 1.807) is 0 Å². The fourth-order valence-corrected chi connectivity index (χ4v) is 0.300. The lowest BCUT2D eigenvalue weighted by Crippen LogP contribution is -1.80. The van der Waals surface area contributed by atoms with Gasteiger partial charge in [-0.1, -0.05) is 0 Å². The molecule has 2 radical (unpaired) electrons. The molecular formula is CH2BO3PS. The molecular weight excluding hydrogens is 134 g/mol. The van der Waals surface area contributed by atoms with Crippen LogP contribution < -0.4 is 0 Å². The number of carbonyl (C=O) groups is 1. The van der Waals surface area contributed by atoms with Crippen LogP contribution in [0.4, 0.5) is 0 Å². The molecule has 0 aromatic carbocycles. The smallest absolute Gasteiger partial charge is 0.299 e. The highest BCUT2D eigenvalue weighted by Gasteiger charge is 1.89. The van der Waals surface area contributed by atoms with E-state index in [9.17, 15) is 4.79 Å². The Bertz CT molecular complexity index is 58.9. The van der Waals surface area contributed by atoms with Crippen molar-refractivity contribution in [3.8, 4) is 0 Å². The summed E-state index contributed by atoms with van der Waals surface area (Å²) < 4.78 is 4.03. The Balaban J connectivity index is 2.81. The minimum Gasteiger partial charge on any atom is -0.299 e. The van der Waals surface area contributed by atoms with Gasteiger partial charge in [0.05, 0.1) is 7.23 Å². The molecule has 1 unspecified atom stereocenters. The second-order valence-electron chi connectivity index (χ2n) is 0.570. The van der Waals surface area contributed by atoms with Crippen molar-refractivity contribution in [2.75, 3.05) is 0 Å². The van der Waals surface area contributed by atoms with Crippen LogP contribution in [0.15, 0.2) is 0 Å². The Hall–Kier alpha value is 0.275. The van der Waals surface area contributed by atoms with Crippen LogP contribution in [-0.4, -0.2) is 14.0 Å². The molecule has 0 bridgehead atoms.